The van der Waals surface area contributed by atoms with Crippen LogP contribution < -0.4 is 10.9 Å². The number of hydrogen-bond donors (Lipinski definition) is 1. The fourth-order valence-corrected chi connectivity index (χ4v) is 3.21. The van der Waals surface area contributed by atoms with Gasteiger partial charge in [0.1, 0.15) is 4.88 Å². The molecule has 1 amide bonds. The highest BCUT2D eigenvalue weighted by Crippen LogP contribution is 2.19. The van der Waals surface area contributed by atoms with Gasteiger partial charge in [0.05, 0.1) is 11.0 Å². The number of carbonyl (C=O) groups excluding carboxylic acids is 1. The van der Waals surface area contributed by atoms with Crippen LogP contribution in [0.15, 0.2) is 35.1 Å². The summed E-state index contributed by atoms with van der Waals surface area (Å²) in [6.07, 6.45) is 0.913. The molecule has 0 aliphatic rings. The van der Waals surface area contributed by atoms with E-state index in [-0.39, 0.29) is 11.5 Å². The lowest BCUT2D eigenvalue weighted by Gasteiger charge is -2.06. The van der Waals surface area contributed by atoms with Gasteiger partial charge in [-0.25, -0.2) is 4.98 Å². The van der Waals surface area contributed by atoms with Gasteiger partial charge in [0.15, 0.2) is 4.96 Å². The maximum Gasteiger partial charge on any atom is 0.261 e. The highest BCUT2D eigenvalue weighted by atomic mass is 32.1. The highest BCUT2D eigenvalue weighted by molar-refractivity contribution is 7.18. The third-order valence-electron chi connectivity index (χ3n) is 3.44. The van der Waals surface area contributed by atoms with Crippen molar-refractivity contribution in [3.8, 4) is 0 Å². The molecule has 2 aromatic heterocycles. The summed E-state index contributed by atoms with van der Waals surface area (Å²) < 4.78 is 1.55. The lowest BCUT2D eigenvalue weighted by molar-refractivity contribution is 0.0956. The number of nitrogens with zero attached hydrogens (tertiary/aromatic N) is 2. The normalized spacial score (nSPS) is 11.4. The molecule has 1 aromatic carbocycles. The third-order valence-corrected chi connectivity index (χ3v) is 4.42. The molecule has 6 heteroatoms. The van der Waals surface area contributed by atoms with Crippen molar-refractivity contribution in [2.45, 2.75) is 20.3 Å². The molecule has 3 rings (SSSR count). The molecule has 0 atom stereocenters. The van der Waals surface area contributed by atoms with E-state index in [1.807, 2.05) is 24.3 Å². The Morgan fingerprint density at radius 1 is 1.36 bits per heavy atom. The number of benzene rings is 1. The SMILES string of the molecule is CC(C)CCNC(=O)c1cc(=O)n2c(nc3ccccc32)s1. The fraction of sp³-hybridized carbons (Fsp3) is 0.312. The van der Waals surface area contributed by atoms with Gasteiger partial charge in [-0.05, 0) is 24.5 Å². The fourth-order valence-electron chi connectivity index (χ4n) is 2.26. The lowest BCUT2D eigenvalue weighted by atomic mass is 10.1. The Labute approximate surface area is 131 Å². The van der Waals surface area contributed by atoms with E-state index in [4.69, 9.17) is 0 Å². The molecule has 0 spiro atoms. The number of aromatic nitrogens is 2. The second-order valence-electron chi connectivity index (χ2n) is 5.61. The van der Waals surface area contributed by atoms with Gasteiger partial charge in [0.2, 0.25) is 0 Å². The van der Waals surface area contributed by atoms with Crippen LogP contribution in [0.2, 0.25) is 0 Å². The summed E-state index contributed by atoms with van der Waals surface area (Å²) in [4.78, 5) is 29.8. The maximum absolute atomic E-state index is 12.3. The van der Waals surface area contributed by atoms with Gasteiger partial charge in [-0.3, -0.25) is 14.0 Å². The molecule has 22 heavy (non-hydrogen) atoms. The van der Waals surface area contributed by atoms with E-state index in [2.05, 4.69) is 24.1 Å². The number of carbonyl (C=O) groups is 1. The summed E-state index contributed by atoms with van der Waals surface area (Å²) in [6.45, 7) is 4.82. The molecule has 0 aliphatic carbocycles. The Morgan fingerprint density at radius 2 is 2.14 bits per heavy atom. The second-order valence-corrected chi connectivity index (χ2v) is 6.61. The van der Waals surface area contributed by atoms with Crippen molar-refractivity contribution in [3.63, 3.8) is 0 Å². The number of hydrogen-bond acceptors (Lipinski definition) is 4. The quantitative estimate of drug-likeness (QED) is 0.805. The number of imidazole rings is 1. The van der Waals surface area contributed by atoms with Crippen LogP contribution in [0.5, 0.6) is 0 Å². The van der Waals surface area contributed by atoms with Crippen molar-refractivity contribution in [2.24, 2.45) is 5.92 Å². The first-order valence-electron chi connectivity index (χ1n) is 7.26. The van der Waals surface area contributed by atoms with Crippen molar-refractivity contribution in [2.75, 3.05) is 6.54 Å². The summed E-state index contributed by atoms with van der Waals surface area (Å²) >= 11 is 1.23. The Morgan fingerprint density at radius 3 is 2.91 bits per heavy atom. The molecule has 0 aliphatic heterocycles. The molecule has 0 unspecified atom stereocenters. The highest BCUT2D eigenvalue weighted by Gasteiger charge is 2.13. The minimum Gasteiger partial charge on any atom is -0.351 e. The zero-order chi connectivity index (χ0) is 15.7. The molecule has 0 bridgehead atoms. The maximum atomic E-state index is 12.3. The van der Waals surface area contributed by atoms with E-state index in [9.17, 15) is 9.59 Å². The van der Waals surface area contributed by atoms with Crippen molar-refractivity contribution < 1.29 is 4.79 Å². The Hall–Kier alpha value is -2.21. The van der Waals surface area contributed by atoms with Gasteiger partial charge in [-0.2, -0.15) is 0 Å². The smallest absolute Gasteiger partial charge is 0.261 e. The molecule has 2 heterocycles. The summed E-state index contributed by atoms with van der Waals surface area (Å²) in [5, 5.41) is 2.85. The topological polar surface area (TPSA) is 63.5 Å². The van der Waals surface area contributed by atoms with Gasteiger partial charge in [0.25, 0.3) is 11.5 Å². The van der Waals surface area contributed by atoms with Crippen molar-refractivity contribution in [1.82, 2.24) is 14.7 Å². The van der Waals surface area contributed by atoms with Crippen molar-refractivity contribution >= 4 is 33.2 Å². The third kappa shape index (κ3) is 2.74. The Bertz CT molecular complexity index is 895. The summed E-state index contributed by atoms with van der Waals surface area (Å²) in [6, 6.07) is 8.84. The first-order chi connectivity index (χ1) is 10.6. The van der Waals surface area contributed by atoms with Crippen LogP contribution >= 0.6 is 11.3 Å². The second kappa shape index (κ2) is 5.88. The van der Waals surface area contributed by atoms with E-state index >= 15 is 0 Å². The van der Waals surface area contributed by atoms with Gasteiger partial charge in [-0.15, -0.1) is 0 Å². The predicted octanol–water partition coefficient (Wildman–Crippen LogP) is 2.69. The van der Waals surface area contributed by atoms with Crippen LogP contribution in [0.25, 0.3) is 16.0 Å². The average molecular weight is 315 g/mol. The van der Waals surface area contributed by atoms with Gasteiger partial charge >= 0.3 is 0 Å². The van der Waals surface area contributed by atoms with Gasteiger partial charge in [0, 0.05) is 12.6 Å². The molecule has 1 N–H and O–H groups in total. The zero-order valence-electron chi connectivity index (χ0n) is 12.5. The number of nitrogens with one attached hydrogen (secondary N) is 1. The monoisotopic (exact) mass is 315 g/mol. The molecule has 3 aromatic rings. The van der Waals surface area contributed by atoms with E-state index in [0.717, 1.165) is 17.5 Å². The van der Waals surface area contributed by atoms with Crippen LogP contribution in [0.1, 0.15) is 29.9 Å². The predicted molar refractivity (Wildman–Crippen MR) is 88.6 cm³/mol. The van der Waals surface area contributed by atoms with E-state index in [1.165, 1.54) is 17.4 Å². The molecule has 0 radical (unpaired) electrons. The van der Waals surface area contributed by atoms with E-state index in [1.54, 1.807) is 4.40 Å². The van der Waals surface area contributed by atoms with Crippen molar-refractivity contribution in [1.29, 1.82) is 0 Å². The molecule has 0 saturated heterocycles. The lowest BCUT2D eigenvalue weighted by Crippen LogP contribution is -2.26. The van der Waals surface area contributed by atoms with Gasteiger partial charge in [-0.1, -0.05) is 37.3 Å². The number of rotatable bonds is 4. The number of fused-ring (bicyclic) bond motifs is 3. The van der Waals surface area contributed by atoms with E-state index in [0.29, 0.717) is 22.3 Å². The Kier molecular flexibility index (Phi) is 3.94. The van der Waals surface area contributed by atoms with Crippen LogP contribution in [-0.4, -0.2) is 21.8 Å². The molecule has 5 nitrogen and oxygen atoms in total. The summed E-state index contributed by atoms with van der Waals surface area (Å²) in [5.41, 5.74) is 1.30. The summed E-state index contributed by atoms with van der Waals surface area (Å²) in [5.74, 6) is 0.316. The molecule has 0 saturated carbocycles. The average Bonchev–Trinajstić information content (AvgIpc) is 2.85. The summed E-state index contributed by atoms with van der Waals surface area (Å²) in [7, 11) is 0. The minimum absolute atomic E-state index is 0.211. The van der Waals surface area contributed by atoms with Gasteiger partial charge < -0.3 is 5.32 Å². The molecular weight excluding hydrogens is 298 g/mol. The van der Waals surface area contributed by atoms with Crippen LogP contribution in [0.4, 0.5) is 0 Å². The van der Waals surface area contributed by atoms with Crippen LogP contribution in [-0.2, 0) is 0 Å². The largest absolute Gasteiger partial charge is 0.351 e. The Balaban J connectivity index is 1.97. The zero-order valence-corrected chi connectivity index (χ0v) is 13.3. The molecule has 0 fully saturated rings. The first-order valence-corrected chi connectivity index (χ1v) is 8.07. The number of amides is 1. The minimum atomic E-state index is -0.226. The van der Waals surface area contributed by atoms with E-state index < -0.39 is 0 Å². The molecule has 114 valence electrons. The van der Waals surface area contributed by atoms with Crippen molar-refractivity contribution in [3.05, 3.63) is 45.6 Å². The molecular formula is C16H17N3O2S. The first kappa shape index (κ1) is 14.7. The van der Waals surface area contributed by atoms with Crippen LogP contribution in [0.3, 0.4) is 0 Å². The standard InChI is InChI=1S/C16H17N3O2S/c1-10(2)7-8-17-15(21)13-9-14(20)19-12-6-4-3-5-11(12)18-16(19)22-13/h3-6,9-10H,7-8H2,1-2H3,(H,17,21). The number of para-hydroxylation sites is 2. The van der Waals surface area contributed by atoms with Crippen LogP contribution in [0, 0.1) is 5.92 Å².